The zero-order chi connectivity index (χ0) is 67.8. The number of phenolic OH excluding ortho intramolecular Hbond substituents is 4. The molecule has 0 amide bonds. The summed E-state index contributed by atoms with van der Waals surface area (Å²) in [6.45, 7) is 16.7. The first-order valence-corrected chi connectivity index (χ1v) is 35.5. The van der Waals surface area contributed by atoms with Gasteiger partial charge in [0.15, 0.2) is 0 Å². The smallest absolute Gasteiger partial charge is 0.115 e. The third kappa shape index (κ3) is 22.3. The van der Waals surface area contributed by atoms with Gasteiger partial charge >= 0.3 is 0 Å². The Bertz CT molecular complexity index is 2930. The molecule has 0 aromatic heterocycles. The van der Waals surface area contributed by atoms with Gasteiger partial charge in [0.2, 0.25) is 0 Å². The van der Waals surface area contributed by atoms with E-state index in [4.69, 9.17) is 0 Å². The third-order valence-electron chi connectivity index (χ3n) is 21.1. The van der Waals surface area contributed by atoms with Gasteiger partial charge in [-0.15, -0.1) is 0 Å². The topological polar surface area (TPSA) is 175 Å². The van der Waals surface area contributed by atoms with Crippen LogP contribution in [-0.4, -0.2) is 137 Å². The number of phenols is 4. The van der Waals surface area contributed by atoms with Crippen molar-refractivity contribution in [2.45, 2.75) is 153 Å². The van der Waals surface area contributed by atoms with Gasteiger partial charge in [0.1, 0.15) is 23.0 Å². The fourth-order valence-electron chi connectivity index (χ4n) is 14.6. The predicted octanol–water partition coefficient (Wildman–Crippen LogP) is 15.1. The van der Waals surface area contributed by atoms with Gasteiger partial charge in [-0.1, -0.05) is 170 Å². The van der Waals surface area contributed by atoms with Gasteiger partial charge in [0.05, 0.1) is 24.4 Å². The van der Waals surface area contributed by atoms with Crippen molar-refractivity contribution in [1.82, 2.24) is 19.6 Å². The van der Waals surface area contributed by atoms with Crippen LogP contribution in [0.15, 0.2) is 218 Å². The highest BCUT2D eigenvalue weighted by atomic mass is 16.3. The Morgan fingerprint density at radius 3 is 0.562 bits per heavy atom. The molecule has 96 heavy (non-hydrogen) atoms. The largest absolute Gasteiger partial charge is 0.508 e. The lowest BCUT2D eigenvalue weighted by Crippen LogP contribution is -2.43. The first-order chi connectivity index (χ1) is 46.5. The first-order valence-electron chi connectivity index (χ1n) is 35.5. The molecule has 0 saturated carbocycles. The molecule has 4 aliphatic rings. The molecule has 0 unspecified atom stereocenters. The molecular formula is C84H108N4O8. The van der Waals surface area contributed by atoms with Crippen LogP contribution in [0.3, 0.4) is 0 Å². The predicted molar refractivity (Wildman–Crippen MR) is 388 cm³/mol. The van der Waals surface area contributed by atoms with Crippen LogP contribution in [0.4, 0.5) is 0 Å². The highest BCUT2D eigenvalue weighted by molar-refractivity contribution is 5.31. The Morgan fingerprint density at radius 2 is 0.406 bits per heavy atom. The molecule has 4 heterocycles. The quantitative estimate of drug-likeness (QED) is 0.0363. The minimum atomic E-state index is -0.517. The molecule has 8 atom stereocenters. The highest BCUT2D eigenvalue weighted by Gasteiger charge is 2.32. The van der Waals surface area contributed by atoms with E-state index in [0.29, 0.717) is 0 Å². The molecule has 4 aliphatic heterocycles. The van der Waals surface area contributed by atoms with E-state index in [1.54, 1.807) is 97.1 Å². The Kier molecular flexibility index (Phi) is 28.4. The Balaban J connectivity index is 0.000000150. The van der Waals surface area contributed by atoms with E-state index in [1.807, 2.05) is 0 Å². The van der Waals surface area contributed by atoms with Crippen LogP contribution in [0.1, 0.15) is 148 Å². The van der Waals surface area contributed by atoms with E-state index in [2.05, 4.69) is 169 Å². The van der Waals surface area contributed by atoms with Gasteiger partial charge in [-0.05, 0) is 274 Å². The molecule has 0 bridgehead atoms. The molecule has 512 valence electrons. The molecule has 8 aromatic carbocycles. The van der Waals surface area contributed by atoms with Crippen molar-refractivity contribution in [3.63, 3.8) is 0 Å². The fraction of sp³-hybridized carbons (Fsp3) is 0.429. The van der Waals surface area contributed by atoms with Gasteiger partial charge in [0, 0.05) is 24.2 Å². The first kappa shape index (κ1) is 72.9. The SMILES string of the molecule is C[C@@H]([C@H](O)c1ccc(O)cc1)N1CCC(Cc2ccccc2)CC1.C[C@@H]([C@H](O)c1ccc(O)cc1)N1CCC(Cc2ccccc2)CC1.C[C@H]([C@@H](O)c1ccc(O)cc1)N1CCC(Cc2ccccc2)CC1.C[C@H]([C@@H](O)c1ccc(O)cc1)N1CCC(Cc2ccccc2)CC1. The summed E-state index contributed by atoms with van der Waals surface area (Å²) in [7, 11) is 0. The van der Waals surface area contributed by atoms with Crippen molar-refractivity contribution in [3.05, 3.63) is 263 Å². The number of aliphatic hydroxyl groups excluding tert-OH is 4. The van der Waals surface area contributed by atoms with Gasteiger partial charge in [-0.3, -0.25) is 19.6 Å². The van der Waals surface area contributed by atoms with Crippen LogP contribution >= 0.6 is 0 Å². The number of likely N-dealkylation sites (tertiary alicyclic amines) is 4. The van der Waals surface area contributed by atoms with E-state index in [0.717, 1.165) is 124 Å². The number of hydrogen-bond donors (Lipinski definition) is 8. The second-order valence-electron chi connectivity index (χ2n) is 27.8. The Morgan fingerprint density at radius 1 is 0.250 bits per heavy atom. The average Bonchev–Trinajstić information content (AvgIpc) is 1.63. The van der Waals surface area contributed by atoms with Crippen molar-refractivity contribution in [3.8, 4) is 23.0 Å². The van der Waals surface area contributed by atoms with E-state index in [-0.39, 0.29) is 47.2 Å². The van der Waals surface area contributed by atoms with E-state index in [9.17, 15) is 40.9 Å². The summed E-state index contributed by atoms with van der Waals surface area (Å²) < 4.78 is 0. The lowest BCUT2D eigenvalue weighted by molar-refractivity contribution is 0.0373. The van der Waals surface area contributed by atoms with Crippen LogP contribution in [0.25, 0.3) is 0 Å². The summed E-state index contributed by atoms with van der Waals surface area (Å²) >= 11 is 0. The van der Waals surface area contributed by atoms with Crippen molar-refractivity contribution < 1.29 is 40.9 Å². The zero-order valence-corrected chi connectivity index (χ0v) is 57.2. The van der Waals surface area contributed by atoms with Crippen molar-refractivity contribution in [1.29, 1.82) is 0 Å². The molecule has 0 aliphatic carbocycles. The van der Waals surface area contributed by atoms with Gasteiger partial charge in [-0.2, -0.15) is 0 Å². The van der Waals surface area contributed by atoms with Crippen LogP contribution < -0.4 is 0 Å². The number of aromatic hydroxyl groups is 4. The molecule has 12 heteroatoms. The molecule has 8 aromatic rings. The van der Waals surface area contributed by atoms with Crippen LogP contribution in [0, 0.1) is 23.7 Å². The van der Waals surface area contributed by atoms with Crippen molar-refractivity contribution in [2.24, 2.45) is 23.7 Å². The number of rotatable bonds is 20. The van der Waals surface area contributed by atoms with E-state index in [1.165, 1.54) is 73.6 Å². The van der Waals surface area contributed by atoms with E-state index < -0.39 is 24.4 Å². The summed E-state index contributed by atoms with van der Waals surface area (Å²) in [6.07, 6.45) is 12.0. The van der Waals surface area contributed by atoms with Crippen LogP contribution in [0.2, 0.25) is 0 Å². The zero-order valence-electron chi connectivity index (χ0n) is 57.2. The van der Waals surface area contributed by atoms with E-state index >= 15 is 0 Å². The molecular weight excluding hydrogens is 1190 g/mol. The molecule has 12 rings (SSSR count). The third-order valence-corrected chi connectivity index (χ3v) is 21.1. The minimum Gasteiger partial charge on any atom is -0.508 e. The molecule has 4 saturated heterocycles. The standard InChI is InChI=1S/4C21H27NO2/c4*1-16(21(24)19-7-9-20(23)10-8-19)22-13-11-18(12-14-22)15-17-5-3-2-4-6-17/h4*2-10,16,18,21,23-24H,11-15H2,1H3/t4*16-,21-/m1100/s1. The molecule has 8 N–H and O–H groups in total. The van der Waals surface area contributed by atoms with Gasteiger partial charge in [-0.25, -0.2) is 0 Å². The maximum Gasteiger partial charge on any atom is 0.115 e. The minimum absolute atomic E-state index is 0.0900. The normalized spacial score (nSPS) is 19.1. The van der Waals surface area contributed by atoms with Crippen molar-refractivity contribution >= 4 is 0 Å². The molecule has 0 radical (unpaired) electrons. The fourth-order valence-corrected chi connectivity index (χ4v) is 14.6. The van der Waals surface area contributed by atoms with Gasteiger partial charge < -0.3 is 40.9 Å². The summed E-state index contributed by atoms with van der Waals surface area (Å²) in [5, 5.41) is 80.0. The van der Waals surface area contributed by atoms with Crippen LogP contribution in [-0.2, 0) is 25.7 Å². The number of piperidine rings is 4. The number of nitrogens with zero attached hydrogens (tertiary/aromatic N) is 4. The van der Waals surface area contributed by atoms with Crippen LogP contribution in [0.5, 0.6) is 23.0 Å². The summed E-state index contributed by atoms with van der Waals surface area (Å²) in [6, 6.07) is 70.7. The van der Waals surface area contributed by atoms with Crippen molar-refractivity contribution in [2.75, 3.05) is 52.4 Å². The number of benzene rings is 8. The summed E-state index contributed by atoms with van der Waals surface area (Å²) in [4.78, 5) is 9.55. The Labute approximate surface area is 572 Å². The number of aliphatic hydroxyl groups is 4. The summed E-state index contributed by atoms with van der Waals surface area (Å²) in [5.74, 6) is 3.90. The maximum absolute atomic E-state index is 10.6. The molecule has 12 nitrogen and oxygen atoms in total. The van der Waals surface area contributed by atoms with Gasteiger partial charge in [0.25, 0.3) is 0 Å². The molecule has 0 spiro atoms. The highest BCUT2D eigenvalue weighted by Crippen LogP contribution is 2.33. The molecule has 4 fully saturated rings. The monoisotopic (exact) mass is 1300 g/mol. The lowest BCUT2D eigenvalue weighted by atomic mass is 9.89. The maximum atomic E-state index is 10.6. The lowest BCUT2D eigenvalue weighted by Gasteiger charge is -2.38. The summed E-state index contributed by atoms with van der Waals surface area (Å²) in [5.41, 5.74) is 9.17. The average molecular weight is 1300 g/mol. The second kappa shape index (κ2) is 37.4. The Hall–Kier alpha value is -7.36. The second-order valence-corrected chi connectivity index (χ2v) is 27.8. The number of hydrogen-bond acceptors (Lipinski definition) is 12.